The van der Waals surface area contributed by atoms with E-state index < -0.39 is 0 Å². The average molecular weight is 369 g/mol. The number of benzene rings is 1. The number of hydrogen-bond donors (Lipinski definition) is 1. The number of piperidine rings is 1. The van der Waals surface area contributed by atoms with E-state index in [1.807, 2.05) is 28.6 Å². The van der Waals surface area contributed by atoms with Crippen LogP contribution in [-0.2, 0) is 16.1 Å². The second-order valence-electron chi connectivity index (χ2n) is 7.09. The Morgan fingerprint density at radius 1 is 1.30 bits per heavy atom. The SMILES string of the molecule is Cc1ccc(C(=O)NCCC(=O)N2CC[C@@H]3OCc4cnnn4[C@H]3C2)cc1. The second-order valence-corrected chi connectivity index (χ2v) is 7.09. The quantitative estimate of drug-likeness (QED) is 0.871. The third-order valence-electron chi connectivity index (χ3n) is 5.22. The maximum Gasteiger partial charge on any atom is 0.251 e. The zero-order chi connectivity index (χ0) is 18.8. The molecule has 3 heterocycles. The van der Waals surface area contributed by atoms with Gasteiger partial charge in [0.15, 0.2) is 0 Å². The molecule has 8 nitrogen and oxygen atoms in total. The van der Waals surface area contributed by atoms with Gasteiger partial charge in [-0.15, -0.1) is 5.10 Å². The average Bonchev–Trinajstić information content (AvgIpc) is 3.17. The highest BCUT2D eigenvalue weighted by Gasteiger charge is 2.37. The van der Waals surface area contributed by atoms with Crippen molar-refractivity contribution < 1.29 is 14.3 Å². The van der Waals surface area contributed by atoms with E-state index >= 15 is 0 Å². The van der Waals surface area contributed by atoms with Crippen LogP contribution >= 0.6 is 0 Å². The van der Waals surface area contributed by atoms with Gasteiger partial charge < -0.3 is 15.0 Å². The van der Waals surface area contributed by atoms with Crippen molar-refractivity contribution in [1.82, 2.24) is 25.2 Å². The molecule has 0 aliphatic carbocycles. The van der Waals surface area contributed by atoms with Crippen molar-refractivity contribution in [3.63, 3.8) is 0 Å². The van der Waals surface area contributed by atoms with Crippen LogP contribution in [0, 0.1) is 6.92 Å². The number of rotatable bonds is 4. The van der Waals surface area contributed by atoms with Gasteiger partial charge in [0.05, 0.1) is 30.6 Å². The Morgan fingerprint density at radius 3 is 2.93 bits per heavy atom. The summed E-state index contributed by atoms with van der Waals surface area (Å²) in [5.74, 6) is -0.126. The minimum Gasteiger partial charge on any atom is -0.370 e. The molecule has 2 aliphatic rings. The van der Waals surface area contributed by atoms with Crippen molar-refractivity contribution in [3.8, 4) is 0 Å². The first kappa shape index (κ1) is 17.7. The Balaban J connectivity index is 1.29. The number of likely N-dealkylation sites (tertiary alicyclic amines) is 1. The minimum atomic E-state index is -0.158. The predicted octanol–water partition coefficient (Wildman–Crippen LogP) is 1.08. The molecule has 1 fully saturated rings. The first-order valence-electron chi connectivity index (χ1n) is 9.25. The lowest BCUT2D eigenvalue weighted by Gasteiger charge is -2.41. The minimum absolute atomic E-state index is 0.0103. The third-order valence-corrected chi connectivity index (χ3v) is 5.22. The van der Waals surface area contributed by atoms with Crippen molar-refractivity contribution in [2.45, 2.75) is 38.5 Å². The molecule has 1 N–H and O–H groups in total. The normalized spacial score (nSPS) is 21.3. The number of fused-ring (bicyclic) bond motifs is 3. The van der Waals surface area contributed by atoms with Gasteiger partial charge in [-0.3, -0.25) is 9.59 Å². The molecular formula is C19H23N5O3. The van der Waals surface area contributed by atoms with Crippen LogP contribution in [0.2, 0.25) is 0 Å². The van der Waals surface area contributed by atoms with Crippen LogP contribution < -0.4 is 5.32 Å². The maximum atomic E-state index is 12.6. The summed E-state index contributed by atoms with van der Waals surface area (Å²) in [5, 5.41) is 10.9. The summed E-state index contributed by atoms with van der Waals surface area (Å²) >= 11 is 0. The number of aromatic nitrogens is 3. The van der Waals surface area contributed by atoms with E-state index in [1.54, 1.807) is 18.3 Å². The fourth-order valence-electron chi connectivity index (χ4n) is 3.65. The Bertz CT molecular complexity index is 832. The van der Waals surface area contributed by atoms with Gasteiger partial charge in [0.25, 0.3) is 5.91 Å². The van der Waals surface area contributed by atoms with E-state index in [1.165, 1.54) is 0 Å². The van der Waals surface area contributed by atoms with Crippen LogP contribution in [0.25, 0.3) is 0 Å². The van der Waals surface area contributed by atoms with Gasteiger partial charge in [-0.05, 0) is 25.5 Å². The number of nitrogens with one attached hydrogen (secondary N) is 1. The van der Waals surface area contributed by atoms with Gasteiger partial charge >= 0.3 is 0 Å². The lowest BCUT2D eigenvalue weighted by molar-refractivity contribution is -0.137. The molecule has 2 aliphatic heterocycles. The van der Waals surface area contributed by atoms with Crippen molar-refractivity contribution in [1.29, 1.82) is 0 Å². The summed E-state index contributed by atoms with van der Waals surface area (Å²) in [6.45, 7) is 4.04. The van der Waals surface area contributed by atoms with Crippen LogP contribution in [0.4, 0.5) is 0 Å². The summed E-state index contributed by atoms with van der Waals surface area (Å²) in [5.41, 5.74) is 2.65. The van der Waals surface area contributed by atoms with Crippen molar-refractivity contribution in [3.05, 3.63) is 47.3 Å². The summed E-state index contributed by atoms with van der Waals surface area (Å²) in [7, 11) is 0. The molecule has 27 heavy (non-hydrogen) atoms. The smallest absolute Gasteiger partial charge is 0.251 e. The number of hydrogen-bond acceptors (Lipinski definition) is 5. The first-order chi connectivity index (χ1) is 13.1. The topological polar surface area (TPSA) is 89.3 Å². The molecule has 1 aromatic heterocycles. The van der Waals surface area contributed by atoms with E-state index in [4.69, 9.17) is 4.74 Å². The van der Waals surface area contributed by atoms with E-state index in [0.717, 1.165) is 17.7 Å². The van der Waals surface area contributed by atoms with Gasteiger partial charge in [0.1, 0.15) is 0 Å². The van der Waals surface area contributed by atoms with Gasteiger partial charge in [-0.2, -0.15) is 0 Å². The molecule has 0 bridgehead atoms. The number of aryl methyl sites for hydroxylation is 1. The van der Waals surface area contributed by atoms with Gasteiger partial charge in [0, 0.05) is 31.6 Å². The van der Waals surface area contributed by atoms with Crippen molar-refractivity contribution in [2.75, 3.05) is 19.6 Å². The van der Waals surface area contributed by atoms with Crippen LogP contribution in [0.15, 0.2) is 30.5 Å². The molecule has 0 saturated carbocycles. The second kappa shape index (κ2) is 7.48. The molecule has 2 amide bonds. The Kier molecular flexibility index (Phi) is 4.89. The predicted molar refractivity (Wildman–Crippen MR) is 97.0 cm³/mol. The molecule has 1 aromatic carbocycles. The van der Waals surface area contributed by atoms with Crippen molar-refractivity contribution in [2.24, 2.45) is 0 Å². The van der Waals surface area contributed by atoms with Crippen LogP contribution in [-0.4, -0.2) is 57.4 Å². The monoisotopic (exact) mass is 369 g/mol. The highest BCUT2D eigenvalue weighted by molar-refractivity contribution is 5.94. The van der Waals surface area contributed by atoms with Gasteiger partial charge in [0.2, 0.25) is 5.91 Å². The molecular weight excluding hydrogens is 346 g/mol. The van der Waals surface area contributed by atoms with Crippen LogP contribution in [0.1, 0.15) is 40.5 Å². The molecule has 0 unspecified atom stereocenters. The van der Waals surface area contributed by atoms with Gasteiger partial charge in [-0.25, -0.2) is 4.68 Å². The fourth-order valence-corrected chi connectivity index (χ4v) is 3.65. The Labute approximate surface area is 157 Å². The highest BCUT2D eigenvalue weighted by Crippen LogP contribution is 2.30. The summed E-state index contributed by atoms with van der Waals surface area (Å²) in [4.78, 5) is 26.5. The Hall–Kier alpha value is -2.74. The fraction of sp³-hybridized carbons (Fsp3) is 0.474. The molecule has 1 saturated heterocycles. The lowest BCUT2D eigenvalue weighted by Crippen LogP contribution is -2.50. The van der Waals surface area contributed by atoms with Crippen LogP contribution in [0.5, 0.6) is 0 Å². The third kappa shape index (κ3) is 3.71. The molecule has 0 radical (unpaired) electrons. The number of ether oxygens (including phenoxy) is 1. The molecule has 8 heteroatoms. The lowest BCUT2D eigenvalue weighted by atomic mass is 10.00. The number of amides is 2. The standard InChI is InChI=1S/C19H23N5O3/c1-13-2-4-14(5-3-13)19(26)20-8-6-18(25)23-9-7-17-16(11-23)24-15(12-27-17)10-21-22-24/h2-5,10,16-17H,6-9,11-12H2,1H3,(H,20,26)/t16-,17-/m0/s1. The Morgan fingerprint density at radius 2 is 2.11 bits per heavy atom. The first-order valence-corrected chi connectivity index (χ1v) is 9.25. The van der Waals surface area contributed by atoms with Crippen molar-refractivity contribution >= 4 is 11.8 Å². The van der Waals surface area contributed by atoms with E-state index in [-0.39, 0.29) is 30.4 Å². The molecule has 4 rings (SSSR count). The zero-order valence-corrected chi connectivity index (χ0v) is 15.3. The van der Waals surface area contributed by atoms with E-state index in [2.05, 4.69) is 15.6 Å². The van der Waals surface area contributed by atoms with Gasteiger partial charge in [-0.1, -0.05) is 22.9 Å². The number of nitrogens with zero attached hydrogens (tertiary/aromatic N) is 4. The largest absolute Gasteiger partial charge is 0.370 e. The molecule has 2 atom stereocenters. The molecule has 2 aromatic rings. The van der Waals surface area contributed by atoms with E-state index in [0.29, 0.717) is 31.8 Å². The summed E-state index contributed by atoms with van der Waals surface area (Å²) < 4.78 is 7.75. The highest BCUT2D eigenvalue weighted by atomic mass is 16.5. The van der Waals surface area contributed by atoms with Crippen LogP contribution in [0.3, 0.4) is 0 Å². The number of carbonyl (C=O) groups is 2. The summed E-state index contributed by atoms with van der Waals surface area (Å²) in [6, 6.07) is 7.38. The maximum absolute atomic E-state index is 12.6. The molecule has 142 valence electrons. The summed E-state index contributed by atoms with van der Waals surface area (Å²) in [6.07, 6.45) is 2.84. The van der Waals surface area contributed by atoms with E-state index in [9.17, 15) is 9.59 Å². The molecule has 0 spiro atoms. The number of carbonyl (C=O) groups excluding carboxylic acids is 2. The zero-order valence-electron chi connectivity index (χ0n) is 15.3.